The third-order valence-electron chi connectivity index (χ3n) is 3.92. The molecule has 3 rings (SSSR count). The number of nitrogens with one attached hydrogen (secondary N) is 1. The van der Waals surface area contributed by atoms with Gasteiger partial charge in [0, 0.05) is 17.8 Å². The Balaban J connectivity index is 1.58. The molecule has 0 saturated heterocycles. The average Bonchev–Trinajstić information content (AvgIpc) is 2.42. The Morgan fingerprint density at radius 2 is 1.90 bits per heavy atom. The average molecular weight is 269 g/mol. The number of hydrogen-bond acceptors (Lipinski definition) is 3. The molecule has 20 heavy (non-hydrogen) atoms. The van der Waals surface area contributed by atoms with E-state index in [0.29, 0.717) is 17.7 Å². The Bertz CT molecular complexity index is 591. The second-order valence-corrected chi connectivity index (χ2v) is 5.34. The molecule has 1 fully saturated rings. The molecule has 3 heteroatoms. The van der Waals surface area contributed by atoms with Gasteiger partial charge in [0.15, 0.2) is 0 Å². The van der Waals surface area contributed by atoms with E-state index in [1.165, 1.54) is 5.56 Å². The number of aromatic hydroxyl groups is 1. The molecule has 0 aromatic heterocycles. The Morgan fingerprint density at radius 1 is 1.10 bits per heavy atom. The van der Waals surface area contributed by atoms with Gasteiger partial charge in [0.1, 0.15) is 11.5 Å². The molecule has 2 aromatic carbocycles. The second kappa shape index (κ2) is 5.45. The van der Waals surface area contributed by atoms with Gasteiger partial charge in [-0.1, -0.05) is 18.2 Å². The van der Waals surface area contributed by atoms with Gasteiger partial charge in [0.25, 0.3) is 0 Å². The molecule has 0 bridgehead atoms. The van der Waals surface area contributed by atoms with Crippen molar-refractivity contribution in [2.45, 2.75) is 24.8 Å². The molecule has 0 atom stereocenters. The zero-order valence-corrected chi connectivity index (χ0v) is 11.5. The van der Waals surface area contributed by atoms with E-state index in [1.807, 2.05) is 24.3 Å². The van der Waals surface area contributed by atoms with E-state index < -0.39 is 0 Å². The first-order valence-corrected chi connectivity index (χ1v) is 6.94. The number of ether oxygens (including phenoxy) is 1. The van der Waals surface area contributed by atoms with E-state index in [4.69, 9.17) is 4.74 Å². The molecule has 3 nitrogen and oxygen atoms in total. The van der Waals surface area contributed by atoms with Crippen LogP contribution in [0.2, 0.25) is 0 Å². The van der Waals surface area contributed by atoms with Crippen molar-refractivity contribution in [1.82, 2.24) is 0 Å². The maximum atomic E-state index is 9.45. The lowest BCUT2D eigenvalue weighted by atomic mass is 9.76. The number of hydrogen-bond donors (Lipinski definition) is 2. The van der Waals surface area contributed by atoms with Gasteiger partial charge < -0.3 is 15.2 Å². The van der Waals surface area contributed by atoms with Crippen LogP contribution >= 0.6 is 0 Å². The predicted molar refractivity (Wildman–Crippen MR) is 80.5 cm³/mol. The second-order valence-electron chi connectivity index (χ2n) is 5.34. The van der Waals surface area contributed by atoms with Crippen molar-refractivity contribution in [3.63, 3.8) is 0 Å². The fourth-order valence-corrected chi connectivity index (χ4v) is 2.73. The lowest BCUT2D eigenvalue weighted by molar-refractivity contribution is 0.370. The quantitative estimate of drug-likeness (QED) is 0.888. The van der Waals surface area contributed by atoms with Crippen LogP contribution in [0.25, 0.3) is 0 Å². The van der Waals surface area contributed by atoms with Crippen LogP contribution < -0.4 is 10.1 Å². The fraction of sp³-hybridized carbons (Fsp3) is 0.294. The van der Waals surface area contributed by atoms with Gasteiger partial charge in [-0.2, -0.15) is 0 Å². The zero-order valence-electron chi connectivity index (χ0n) is 11.5. The summed E-state index contributed by atoms with van der Waals surface area (Å²) in [6.07, 6.45) is 2.23. The normalized spacial score (nSPS) is 21.1. The first-order chi connectivity index (χ1) is 9.74. The van der Waals surface area contributed by atoms with Crippen LogP contribution in [0.5, 0.6) is 11.5 Å². The lowest BCUT2D eigenvalue weighted by Crippen LogP contribution is -2.33. The molecule has 1 aliphatic rings. The molecule has 2 N–H and O–H groups in total. The first-order valence-electron chi connectivity index (χ1n) is 6.94. The Morgan fingerprint density at radius 3 is 2.65 bits per heavy atom. The number of phenols is 1. The highest BCUT2D eigenvalue weighted by Crippen LogP contribution is 2.39. The van der Waals surface area contributed by atoms with Crippen molar-refractivity contribution in [1.29, 1.82) is 0 Å². The minimum absolute atomic E-state index is 0.304. The van der Waals surface area contributed by atoms with Crippen molar-refractivity contribution < 1.29 is 9.84 Å². The molecule has 2 aromatic rings. The van der Waals surface area contributed by atoms with Crippen LogP contribution in [-0.4, -0.2) is 18.3 Å². The van der Waals surface area contributed by atoms with E-state index >= 15 is 0 Å². The summed E-state index contributed by atoms with van der Waals surface area (Å²) in [5, 5.41) is 12.9. The van der Waals surface area contributed by atoms with Crippen molar-refractivity contribution in [2.24, 2.45) is 0 Å². The van der Waals surface area contributed by atoms with Crippen LogP contribution in [0.1, 0.15) is 24.3 Å². The van der Waals surface area contributed by atoms with E-state index in [9.17, 15) is 5.11 Å². The molecular formula is C17H19NO2. The molecular weight excluding hydrogens is 250 g/mol. The van der Waals surface area contributed by atoms with Crippen molar-refractivity contribution in [3.8, 4) is 11.5 Å². The van der Waals surface area contributed by atoms with Gasteiger partial charge in [0.05, 0.1) is 7.11 Å². The standard InChI is InChI=1S/C17H19NO2/c1-20-17-7-2-4-12(10-17)13-8-15(9-13)18-14-5-3-6-16(19)11-14/h2-7,10-11,13,15,18-19H,8-9H2,1H3. The highest BCUT2D eigenvalue weighted by Gasteiger charge is 2.30. The third kappa shape index (κ3) is 2.72. The summed E-state index contributed by atoms with van der Waals surface area (Å²) in [6.45, 7) is 0. The largest absolute Gasteiger partial charge is 0.508 e. The van der Waals surface area contributed by atoms with Crippen LogP contribution in [0.3, 0.4) is 0 Å². The Labute approximate surface area is 119 Å². The minimum Gasteiger partial charge on any atom is -0.508 e. The number of benzene rings is 2. The lowest BCUT2D eigenvalue weighted by Gasteiger charge is -2.37. The van der Waals surface area contributed by atoms with Crippen molar-refractivity contribution >= 4 is 5.69 Å². The molecule has 0 aliphatic heterocycles. The zero-order chi connectivity index (χ0) is 13.9. The summed E-state index contributed by atoms with van der Waals surface area (Å²) in [6, 6.07) is 16.1. The highest BCUT2D eigenvalue weighted by molar-refractivity contribution is 5.49. The molecule has 0 amide bonds. The molecule has 0 spiro atoms. The Hall–Kier alpha value is -2.16. The van der Waals surface area contributed by atoms with E-state index in [2.05, 4.69) is 17.4 Å². The summed E-state index contributed by atoms with van der Waals surface area (Å²) in [4.78, 5) is 0. The smallest absolute Gasteiger partial charge is 0.119 e. The van der Waals surface area contributed by atoms with Crippen molar-refractivity contribution in [2.75, 3.05) is 12.4 Å². The fourth-order valence-electron chi connectivity index (χ4n) is 2.73. The summed E-state index contributed by atoms with van der Waals surface area (Å²) >= 11 is 0. The third-order valence-corrected chi connectivity index (χ3v) is 3.92. The molecule has 0 heterocycles. The molecule has 1 aliphatic carbocycles. The van der Waals surface area contributed by atoms with Crippen molar-refractivity contribution in [3.05, 3.63) is 54.1 Å². The minimum atomic E-state index is 0.304. The van der Waals surface area contributed by atoms with Crippen LogP contribution in [0.4, 0.5) is 5.69 Å². The van der Waals surface area contributed by atoms with Crippen LogP contribution in [0.15, 0.2) is 48.5 Å². The van der Waals surface area contributed by atoms with Gasteiger partial charge in [-0.05, 0) is 48.6 Å². The molecule has 0 radical (unpaired) electrons. The van der Waals surface area contributed by atoms with Crippen LogP contribution in [-0.2, 0) is 0 Å². The molecule has 1 saturated carbocycles. The molecule has 0 unspecified atom stereocenters. The van der Waals surface area contributed by atoms with E-state index in [0.717, 1.165) is 24.3 Å². The monoisotopic (exact) mass is 269 g/mol. The number of phenolic OH excluding ortho intramolecular Hbond substituents is 1. The highest BCUT2D eigenvalue weighted by atomic mass is 16.5. The summed E-state index contributed by atoms with van der Waals surface area (Å²) in [7, 11) is 1.70. The maximum Gasteiger partial charge on any atom is 0.119 e. The van der Waals surface area contributed by atoms with Gasteiger partial charge in [-0.25, -0.2) is 0 Å². The summed E-state index contributed by atoms with van der Waals surface area (Å²) in [5.41, 5.74) is 2.33. The number of methoxy groups -OCH3 is 1. The SMILES string of the molecule is COc1cccc(C2CC(Nc3cccc(O)c3)C2)c1. The number of anilines is 1. The number of rotatable bonds is 4. The van der Waals surface area contributed by atoms with Crippen LogP contribution in [0, 0.1) is 0 Å². The topological polar surface area (TPSA) is 41.5 Å². The first kappa shape index (κ1) is 12.9. The van der Waals surface area contributed by atoms with Gasteiger partial charge in [0.2, 0.25) is 0 Å². The van der Waals surface area contributed by atoms with Gasteiger partial charge in [-0.3, -0.25) is 0 Å². The summed E-state index contributed by atoms with van der Waals surface area (Å²) in [5.74, 6) is 1.82. The molecule has 104 valence electrons. The van der Waals surface area contributed by atoms with E-state index in [1.54, 1.807) is 19.2 Å². The Kier molecular flexibility index (Phi) is 3.50. The maximum absolute atomic E-state index is 9.45. The van der Waals surface area contributed by atoms with Gasteiger partial charge in [-0.15, -0.1) is 0 Å². The van der Waals surface area contributed by atoms with Gasteiger partial charge >= 0.3 is 0 Å². The van der Waals surface area contributed by atoms with E-state index in [-0.39, 0.29) is 0 Å². The summed E-state index contributed by atoms with van der Waals surface area (Å²) < 4.78 is 5.27. The predicted octanol–water partition coefficient (Wildman–Crippen LogP) is 3.76.